The van der Waals surface area contributed by atoms with Gasteiger partial charge in [0.25, 0.3) is 0 Å². The van der Waals surface area contributed by atoms with Crippen LogP contribution in [0.5, 0.6) is 0 Å². The lowest BCUT2D eigenvalue weighted by Gasteiger charge is -2.36. The molecule has 2 saturated carbocycles. The largest absolute Gasteiger partial charge is 0.382 e. The summed E-state index contributed by atoms with van der Waals surface area (Å²) in [6, 6.07) is 24.3. The Morgan fingerprint density at radius 2 is 0.918 bits per heavy atom. The number of benzene rings is 1. The molecule has 7 aliphatic heterocycles. The maximum absolute atomic E-state index is 11.9. The highest BCUT2D eigenvalue weighted by molar-refractivity contribution is 5.80. The molecule has 6 fully saturated rings. The Balaban J connectivity index is 0.000000110. The quantitative estimate of drug-likeness (QED) is 0.121. The topological polar surface area (TPSA) is 261 Å². The SMILES string of the molecule is CC(C)(O)c1ncc(-c2ccc3nc4n(c3n2)C(C)(c2ccccc2)CC4)cn1.O=C1NCC2CN(c3ncc(-c4ccc5nc6n(c5n4)C(C4CCCCC4)CC6)cn3)CCN12.O=C1NCC2CN(c3ncc(-c4ccc5nc6n(c5n4)[C@@H](C4CCCCC4)CC6)cn3)CCN12. The summed E-state index contributed by atoms with van der Waals surface area (Å²) in [4.78, 5) is 88.9. The van der Waals surface area contributed by atoms with Gasteiger partial charge in [0.15, 0.2) is 22.8 Å². The summed E-state index contributed by atoms with van der Waals surface area (Å²) in [6.07, 6.45) is 30.9. The minimum atomic E-state index is -1.07. The molecule has 498 valence electrons. The molecule has 24 heteroatoms. The molecular formula is C73H83N21O3. The van der Waals surface area contributed by atoms with Gasteiger partial charge < -0.3 is 49.0 Å². The van der Waals surface area contributed by atoms with E-state index in [-0.39, 0.29) is 29.7 Å². The third-order valence-electron chi connectivity index (χ3n) is 22.3. The van der Waals surface area contributed by atoms with Crippen LogP contribution in [0.1, 0.15) is 145 Å². The lowest BCUT2D eigenvalue weighted by molar-refractivity contribution is 0.0687. The van der Waals surface area contributed by atoms with E-state index in [0.29, 0.717) is 56.0 Å². The number of fused-ring (bicyclic) bond motifs is 11. The summed E-state index contributed by atoms with van der Waals surface area (Å²) < 4.78 is 7.17. The third-order valence-corrected chi connectivity index (χ3v) is 22.3. The molecule has 16 heterocycles. The number of urea groups is 2. The van der Waals surface area contributed by atoms with E-state index in [1.165, 1.54) is 94.3 Å². The van der Waals surface area contributed by atoms with E-state index in [1.54, 1.807) is 26.2 Å². The Hall–Kier alpha value is -9.58. The van der Waals surface area contributed by atoms with Gasteiger partial charge in [-0.05, 0) is 120 Å². The van der Waals surface area contributed by atoms with Crippen LogP contribution in [0.3, 0.4) is 0 Å². The highest BCUT2D eigenvalue weighted by atomic mass is 16.3. The monoisotopic (exact) mass is 1300 g/mol. The number of nitrogens with zero attached hydrogens (tertiary/aromatic N) is 19. The highest BCUT2D eigenvalue weighted by Crippen LogP contribution is 2.45. The van der Waals surface area contributed by atoms with Crippen LogP contribution in [0.4, 0.5) is 21.5 Å². The zero-order valence-electron chi connectivity index (χ0n) is 55.5. The molecular weight excluding hydrogens is 1220 g/mol. The lowest BCUT2D eigenvalue weighted by atomic mass is 9.83. The molecule has 9 aromatic heterocycles. The normalized spacial score (nSPS) is 23.2. The van der Waals surface area contributed by atoms with Gasteiger partial charge in [-0.1, -0.05) is 68.9 Å². The summed E-state index contributed by atoms with van der Waals surface area (Å²) in [5.41, 5.74) is 11.1. The number of anilines is 2. The van der Waals surface area contributed by atoms with Crippen molar-refractivity contribution in [3.63, 3.8) is 0 Å². The molecule has 9 aliphatic rings. The molecule has 1 aromatic carbocycles. The van der Waals surface area contributed by atoms with E-state index >= 15 is 0 Å². The molecule has 19 rings (SSSR count). The van der Waals surface area contributed by atoms with Gasteiger partial charge in [-0.25, -0.2) is 69.4 Å². The molecule has 3 N–H and O–H groups in total. The van der Waals surface area contributed by atoms with Crippen molar-refractivity contribution >= 4 is 57.5 Å². The van der Waals surface area contributed by atoms with Gasteiger partial charge in [-0.3, -0.25) is 0 Å². The van der Waals surface area contributed by atoms with Crippen LogP contribution in [0.2, 0.25) is 0 Å². The molecule has 4 amide bonds. The number of hydrogen-bond acceptors (Lipinski definition) is 17. The molecule has 97 heavy (non-hydrogen) atoms. The number of pyridine rings is 3. The molecule has 0 spiro atoms. The van der Waals surface area contributed by atoms with Gasteiger partial charge >= 0.3 is 12.1 Å². The molecule has 5 atom stereocenters. The van der Waals surface area contributed by atoms with E-state index in [4.69, 9.17) is 29.9 Å². The summed E-state index contributed by atoms with van der Waals surface area (Å²) in [5.74, 6) is 6.80. The molecule has 10 aromatic rings. The predicted octanol–water partition coefficient (Wildman–Crippen LogP) is 10.2. The summed E-state index contributed by atoms with van der Waals surface area (Å²) in [6.45, 7) is 11.4. The van der Waals surface area contributed by atoms with Crippen molar-refractivity contribution in [3.05, 3.63) is 133 Å². The number of aromatic nitrogens is 15. The number of carbonyl (C=O) groups excluding carboxylic acids is 2. The molecule has 2 aliphatic carbocycles. The van der Waals surface area contributed by atoms with Crippen LogP contribution in [-0.2, 0) is 30.4 Å². The molecule has 0 bridgehead atoms. The smallest absolute Gasteiger partial charge is 0.317 e. The number of rotatable bonds is 9. The first-order valence-corrected chi connectivity index (χ1v) is 35.3. The number of amides is 4. The summed E-state index contributed by atoms with van der Waals surface area (Å²) >= 11 is 0. The number of piperazine rings is 2. The third kappa shape index (κ3) is 11.3. The number of aliphatic hydroxyl groups is 1. The van der Waals surface area contributed by atoms with Gasteiger partial charge in [0.2, 0.25) is 11.9 Å². The van der Waals surface area contributed by atoms with Gasteiger partial charge in [0, 0.05) is 138 Å². The zero-order valence-corrected chi connectivity index (χ0v) is 55.5. The van der Waals surface area contributed by atoms with E-state index in [0.717, 1.165) is 137 Å². The van der Waals surface area contributed by atoms with Crippen LogP contribution >= 0.6 is 0 Å². The zero-order chi connectivity index (χ0) is 65.5. The number of carbonyl (C=O) groups is 2. The van der Waals surface area contributed by atoms with Gasteiger partial charge in [-0.15, -0.1) is 0 Å². The van der Waals surface area contributed by atoms with Crippen molar-refractivity contribution in [2.24, 2.45) is 11.8 Å². The van der Waals surface area contributed by atoms with Crippen molar-refractivity contribution in [2.75, 3.05) is 62.2 Å². The standard InChI is InChI=1S/2C25H30N8O.C23H23N5O/c2*34-25-28-14-18-15-31(10-11-32(18)25)24-26-12-17(13-27-24)19-6-7-20-23(30-19)33-21(8-9-22(33)29-20)16-4-2-1-3-5-16;1-22(2,29)21-24-13-15(14-25-21)17-9-10-18-20(27-17)28-19(26-18)11-12-23(28,3)16-7-5-4-6-8-16/h2*6-7,12-13,16,18,21H,1-5,8-11,14-15H2,(H,28,34);4-10,13-14,29H,11-12H2,1-3H3/t18?,21-;;/m1../s1. The summed E-state index contributed by atoms with van der Waals surface area (Å²) in [7, 11) is 0. The fourth-order valence-corrected chi connectivity index (χ4v) is 17.1. The van der Waals surface area contributed by atoms with Crippen molar-refractivity contribution in [3.8, 4) is 33.8 Å². The first-order valence-electron chi connectivity index (χ1n) is 35.3. The van der Waals surface area contributed by atoms with Crippen LogP contribution in [0, 0.1) is 11.8 Å². The van der Waals surface area contributed by atoms with E-state index in [1.807, 2.05) is 64.9 Å². The average Bonchev–Trinajstić information content (AvgIpc) is 1.59. The first kappa shape index (κ1) is 61.0. The first-order chi connectivity index (χ1) is 47.3. The predicted molar refractivity (Wildman–Crippen MR) is 368 cm³/mol. The van der Waals surface area contributed by atoms with E-state index < -0.39 is 5.60 Å². The second kappa shape index (κ2) is 24.8. The lowest BCUT2D eigenvalue weighted by Crippen LogP contribution is -2.52. The Labute approximate surface area is 562 Å². The number of hydrogen-bond donors (Lipinski definition) is 3. The Bertz CT molecular complexity index is 4380. The molecule has 24 nitrogen and oxygen atoms in total. The minimum Gasteiger partial charge on any atom is -0.382 e. The van der Waals surface area contributed by atoms with E-state index in [9.17, 15) is 14.7 Å². The Morgan fingerprint density at radius 1 is 0.485 bits per heavy atom. The second-order valence-electron chi connectivity index (χ2n) is 28.8. The number of imidazole rings is 3. The van der Waals surface area contributed by atoms with E-state index in [2.05, 4.69) is 107 Å². The van der Waals surface area contributed by atoms with Crippen LogP contribution in [-0.4, -0.2) is 165 Å². The number of nitrogens with one attached hydrogen (secondary N) is 2. The Morgan fingerprint density at radius 3 is 1.38 bits per heavy atom. The number of aryl methyl sites for hydroxylation is 3. The van der Waals surface area contributed by atoms with Gasteiger partial charge in [0.05, 0.1) is 34.7 Å². The van der Waals surface area contributed by atoms with Crippen LogP contribution in [0.15, 0.2) is 104 Å². The van der Waals surface area contributed by atoms with Crippen LogP contribution < -0.4 is 20.4 Å². The fraction of sp³-hybridized carbons (Fsp3) is 0.479. The van der Waals surface area contributed by atoms with Crippen molar-refractivity contribution in [2.45, 2.75) is 159 Å². The maximum atomic E-state index is 11.9. The van der Waals surface area contributed by atoms with Gasteiger partial charge in [-0.2, -0.15) is 0 Å². The average molecular weight is 1300 g/mol. The van der Waals surface area contributed by atoms with Crippen molar-refractivity contribution < 1.29 is 14.7 Å². The minimum absolute atomic E-state index is 0.0412. The maximum Gasteiger partial charge on any atom is 0.317 e. The van der Waals surface area contributed by atoms with Crippen LogP contribution in [0.25, 0.3) is 67.3 Å². The van der Waals surface area contributed by atoms with Crippen molar-refractivity contribution in [1.82, 2.24) is 93.9 Å². The highest BCUT2D eigenvalue weighted by Gasteiger charge is 2.41. The van der Waals surface area contributed by atoms with Gasteiger partial charge in [0.1, 0.15) is 39.6 Å². The Kier molecular flexibility index (Phi) is 15.6. The van der Waals surface area contributed by atoms with Crippen molar-refractivity contribution in [1.29, 1.82) is 0 Å². The molecule has 4 unspecified atom stereocenters. The molecule has 0 radical (unpaired) electrons. The second-order valence-corrected chi connectivity index (χ2v) is 28.8. The molecule has 4 saturated heterocycles. The summed E-state index contributed by atoms with van der Waals surface area (Å²) in [5, 5.41) is 15.9. The fourth-order valence-electron chi connectivity index (χ4n) is 17.1.